The van der Waals surface area contributed by atoms with Crippen LogP contribution in [0.1, 0.15) is 34.5 Å². The van der Waals surface area contributed by atoms with Gasteiger partial charge in [-0.25, -0.2) is 4.98 Å². The lowest BCUT2D eigenvalue weighted by atomic mass is 9.70. The molecule has 11 heteroatoms. The summed E-state index contributed by atoms with van der Waals surface area (Å²) >= 11 is 0. The number of aromatic nitrogens is 2. The summed E-state index contributed by atoms with van der Waals surface area (Å²) < 4.78 is 40.5. The van der Waals surface area contributed by atoms with Gasteiger partial charge in [0.15, 0.2) is 0 Å². The summed E-state index contributed by atoms with van der Waals surface area (Å²) in [5, 5.41) is 11.8. The number of amides is 2. The van der Waals surface area contributed by atoms with Gasteiger partial charge in [0.2, 0.25) is 5.91 Å². The lowest BCUT2D eigenvalue weighted by Gasteiger charge is -2.41. The molecule has 178 valence electrons. The Labute approximate surface area is 194 Å². The van der Waals surface area contributed by atoms with Gasteiger partial charge < -0.3 is 15.1 Å². The Morgan fingerprint density at radius 2 is 1.97 bits per heavy atom. The molecule has 1 atom stereocenters. The van der Waals surface area contributed by atoms with Crippen LogP contribution >= 0.6 is 0 Å². The lowest BCUT2D eigenvalue weighted by Crippen LogP contribution is -2.49. The second-order valence-electron chi connectivity index (χ2n) is 8.63. The van der Waals surface area contributed by atoms with E-state index < -0.39 is 28.6 Å². The summed E-state index contributed by atoms with van der Waals surface area (Å²) in [5.41, 5.74) is -1.37. The Balaban J connectivity index is 1.58. The number of piperidine rings is 1. The molecule has 0 bridgehead atoms. The first-order valence-corrected chi connectivity index (χ1v) is 10.8. The third-order valence-electron chi connectivity index (χ3n) is 6.83. The SMILES string of the molecule is CNC(=O)C1CN(c2ccc(C#N)c(C(F)(F)F)c2)CC12CCN(C(=O)c1cnccn1)CC2. The van der Waals surface area contributed by atoms with Crippen LogP contribution in [0.3, 0.4) is 0 Å². The van der Waals surface area contributed by atoms with Gasteiger partial charge in [0.25, 0.3) is 5.91 Å². The van der Waals surface area contributed by atoms with Crippen LogP contribution in [0.2, 0.25) is 0 Å². The quantitative estimate of drug-likeness (QED) is 0.737. The number of anilines is 1. The van der Waals surface area contributed by atoms with Crippen molar-refractivity contribution in [3.8, 4) is 6.07 Å². The summed E-state index contributed by atoms with van der Waals surface area (Å²) in [6, 6.07) is 5.22. The van der Waals surface area contributed by atoms with E-state index in [1.54, 1.807) is 15.9 Å². The van der Waals surface area contributed by atoms with Crippen molar-refractivity contribution in [3.63, 3.8) is 0 Å². The summed E-state index contributed by atoms with van der Waals surface area (Å²) in [6.07, 6.45) is 0.718. The Hall–Kier alpha value is -3.68. The Kier molecular flexibility index (Phi) is 6.17. The van der Waals surface area contributed by atoms with E-state index in [-0.39, 0.29) is 24.1 Å². The first-order chi connectivity index (χ1) is 16.2. The Morgan fingerprint density at radius 3 is 2.56 bits per heavy atom. The van der Waals surface area contributed by atoms with Crippen LogP contribution in [0, 0.1) is 22.7 Å². The highest BCUT2D eigenvalue weighted by Gasteiger charge is 2.51. The molecule has 0 saturated carbocycles. The van der Waals surface area contributed by atoms with Crippen LogP contribution in [-0.4, -0.2) is 59.9 Å². The molecule has 0 aliphatic carbocycles. The van der Waals surface area contributed by atoms with Crippen LogP contribution in [-0.2, 0) is 11.0 Å². The van der Waals surface area contributed by atoms with E-state index in [1.807, 2.05) is 0 Å². The molecular weight excluding hydrogens is 449 g/mol. The van der Waals surface area contributed by atoms with Gasteiger partial charge in [-0.1, -0.05) is 0 Å². The molecule has 2 aliphatic rings. The van der Waals surface area contributed by atoms with Gasteiger partial charge in [0.1, 0.15) is 5.69 Å². The maximum Gasteiger partial charge on any atom is 0.417 e. The molecule has 3 heterocycles. The molecule has 2 aromatic rings. The largest absolute Gasteiger partial charge is 0.417 e. The first kappa shape index (κ1) is 23.5. The van der Waals surface area contributed by atoms with Crippen LogP contribution < -0.4 is 10.2 Å². The normalized spacial score (nSPS) is 19.7. The highest BCUT2D eigenvalue weighted by atomic mass is 19.4. The van der Waals surface area contributed by atoms with Gasteiger partial charge in [-0.3, -0.25) is 14.6 Å². The minimum Gasteiger partial charge on any atom is -0.370 e. The number of likely N-dealkylation sites (tertiary alicyclic amines) is 1. The zero-order valence-electron chi connectivity index (χ0n) is 18.5. The minimum absolute atomic E-state index is 0.180. The molecule has 1 spiro atoms. The molecule has 1 aromatic carbocycles. The number of nitrogens with one attached hydrogen (secondary N) is 1. The van der Waals surface area contributed by atoms with E-state index >= 15 is 0 Å². The molecule has 2 amide bonds. The predicted octanol–water partition coefficient (Wildman–Crippen LogP) is 2.47. The maximum absolute atomic E-state index is 13.5. The summed E-state index contributed by atoms with van der Waals surface area (Å²) in [7, 11) is 1.54. The van der Waals surface area contributed by atoms with Crippen molar-refractivity contribution < 1.29 is 22.8 Å². The minimum atomic E-state index is -4.66. The predicted molar refractivity (Wildman–Crippen MR) is 116 cm³/mol. The third kappa shape index (κ3) is 4.27. The molecular formula is C23H23F3N6O2. The zero-order valence-corrected chi connectivity index (χ0v) is 18.5. The molecule has 4 rings (SSSR count). The summed E-state index contributed by atoms with van der Waals surface area (Å²) in [4.78, 5) is 36.9. The first-order valence-electron chi connectivity index (χ1n) is 10.8. The average Bonchev–Trinajstić information content (AvgIpc) is 3.22. The van der Waals surface area contributed by atoms with Gasteiger partial charge in [0.05, 0.1) is 29.3 Å². The zero-order chi connectivity index (χ0) is 24.5. The number of alkyl halides is 3. The fourth-order valence-corrected chi connectivity index (χ4v) is 5.00. The van der Waals surface area contributed by atoms with Gasteiger partial charge in [-0.05, 0) is 31.0 Å². The standard InChI is InChI=1S/C23H23F3N6O2/c1-28-20(33)18-13-32(16-3-2-15(11-27)17(10-16)23(24,25)26)14-22(18)4-8-31(9-5-22)21(34)19-12-29-6-7-30-19/h2-3,6-7,10,12,18H,4-5,8-9,13-14H2,1H3,(H,28,33). The van der Waals surface area contributed by atoms with Gasteiger partial charge >= 0.3 is 6.18 Å². The van der Waals surface area contributed by atoms with Crippen molar-refractivity contribution in [1.29, 1.82) is 5.26 Å². The van der Waals surface area contributed by atoms with E-state index in [1.165, 1.54) is 37.8 Å². The number of carbonyl (C=O) groups is 2. The Bertz CT molecular complexity index is 1120. The second kappa shape index (κ2) is 8.93. The molecule has 0 radical (unpaired) electrons. The average molecular weight is 472 g/mol. The number of nitriles is 1. The molecule has 2 aliphatic heterocycles. The van der Waals surface area contributed by atoms with Crippen molar-refractivity contribution in [2.75, 3.05) is 38.1 Å². The number of benzene rings is 1. The number of nitrogens with zero attached hydrogens (tertiary/aromatic N) is 5. The monoisotopic (exact) mass is 472 g/mol. The van der Waals surface area contributed by atoms with Crippen LogP contribution in [0.15, 0.2) is 36.8 Å². The number of rotatable bonds is 3. The fraction of sp³-hybridized carbons (Fsp3) is 0.435. The fourth-order valence-electron chi connectivity index (χ4n) is 5.00. The molecule has 2 saturated heterocycles. The van der Waals surface area contributed by atoms with Crippen LogP contribution in [0.4, 0.5) is 18.9 Å². The highest BCUT2D eigenvalue weighted by Crippen LogP contribution is 2.47. The molecule has 34 heavy (non-hydrogen) atoms. The smallest absolute Gasteiger partial charge is 0.370 e. The number of hydrogen-bond acceptors (Lipinski definition) is 6. The third-order valence-corrected chi connectivity index (χ3v) is 6.83. The summed E-state index contributed by atoms with van der Waals surface area (Å²) in [6.45, 7) is 1.43. The van der Waals surface area contributed by atoms with Crippen molar-refractivity contribution in [2.24, 2.45) is 11.3 Å². The molecule has 8 nitrogen and oxygen atoms in total. The van der Waals surface area contributed by atoms with Gasteiger partial charge in [-0.2, -0.15) is 18.4 Å². The van der Waals surface area contributed by atoms with Crippen LogP contribution in [0.25, 0.3) is 0 Å². The molecule has 2 fully saturated rings. The molecule has 1 N–H and O–H groups in total. The molecule has 1 unspecified atom stereocenters. The van der Waals surface area contributed by atoms with E-state index in [0.717, 1.165) is 6.07 Å². The van der Waals surface area contributed by atoms with Gasteiger partial charge in [-0.15, -0.1) is 0 Å². The van der Waals surface area contributed by atoms with Crippen molar-refractivity contribution in [3.05, 3.63) is 53.6 Å². The van der Waals surface area contributed by atoms with E-state index in [4.69, 9.17) is 5.26 Å². The van der Waals surface area contributed by atoms with Crippen molar-refractivity contribution in [2.45, 2.75) is 19.0 Å². The summed E-state index contributed by atoms with van der Waals surface area (Å²) in [5.74, 6) is -0.867. The van der Waals surface area contributed by atoms with E-state index in [0.29, 0.717) is 38.2 Å². The molecule has 1 aromatic heterocycles. The highest BCUT2D eigenvalue weighted by molar-refractivity contribution is 5.92. The van der Waals surface area contributed by atoms with Crippen molar-refractivity contribution in [1.82, 2.24) is 20.2 Å². The van der Waals surface area contributed by atoms with Crippen molar-refractivity contribution >= 4 is 17.5 Å². The Morgan fingerprint density at radius 1 is 1.24 bits per heavy atom. The number of carbonyl (C=O) groups excluding carboxylic acids is 2. The van der Waals surface area contributed by atoms with Crippen LogP contribution in [0.5, 0.6) is 0 Å². The number of halogens is 3. The maximum atomic E-state index is 13.5. The topological polar surface area (TPSA) is 102 Å². The second-order valence-corrected chi connectivity index (χ2v) is 8.63. The van der Waals surface area contributed by atoms with E-state index in [9.17, 15) is 22.8 Å². The number of hydrogen-bond donors (Lipinski definition) is 1. The van der Waals surface area contributed by atoms with E-state index in [2.05, 4.69) is 15.3 Å². The van der Waals surface area contributed by atoms with Gasteiger partial charge in [0, 0.05) is 56.7 Å². The lowest BCUT2D eigenvalue weighted by molar-refractivity contribution is -0.137.